The minimum Gasteiger partial charge on any atom is -0.389 e. The molecule has 3 N–H and O–H groups in total. The molecule has 2 aliphatic heterocycles. The molecule has 2 fully saturated rings. The Balaban J connectivity index is 1.53. The Hall–Kier alpha value is -2.64. The van der Waals surface area contributed by atoms with E-state index in [2.05, 4.69) is 10.6 Å². The van der Waals surface area contributed by atoms with Gasteiger partial charge in [0, 0.05) is 56.3 Å². The lowest BCUT2D eigenvalue weighted by molar-refractivity contribution is -0.129. The third-order valence-electron chi connectivity index (χ3n) is 7.52. The lowest BCUT2D eigenvalue weighted by Crippen LogP contribution is -2.62. The van der Waals surface area contributed by atoms with Crippen LogP contribution in [0.15, 0.2) is 47.4 Å². The minimum absolute atomic E-state index is 0.0295. The molecule has 2 saturated heterocycles. The number of aliphatic hydroxyl groups excluding tert-OH is 1. The standard InChI is InChI=1S/C28H35ClF2N4O5S/c1-2-3-9-34-16-19(14-26(34)36)28(38)33-24(13-18-11-21(30)15-22(31)12-18)27(37)25-17-35(10-8-32-25)41(39,40)23-6-4-20(29)5-7-23/h4-7,11-12,15,19,24-25,27,32,37H,2-3,8-10,13-14,16-17H2,1H3,(H,33,38)/t19?,24?,25-,27+/m1/s1. The van der Waals surface area contributed by atoms with Gasteiger partial charge in [-0.1, -0.05) is 24.9 Å². The highest BCUT2D eigenvalue weighted by atomic mass is 35.5. The van der Waals surface area contributed by atoms with Crippen LogP contribution in [0.1, 0.15) is 31.7 Å². The average Bonchev–Trinajstić information content (AvgIpc) is 3.31. The molecule has 0 bridgehead atoms. The van der Waals surface area contributed by atoms with Crippen molar-refractivity contribution < 1.29 is 31.9 Å². The number of nitrogens with zero attached hydrogens (tertiary/aromatic N) is 2. The summed E-state index contributed by atoms with van der Waals surface area (Å²) in [4.78, 5) is 27.4. The molecule has 4 rings (SSSR count). The van der Waals surface area contributed by atoms with E-state index in [1.165, 1.54) is 28.6 Å². The number of hydrogen-bond acceptors (Lipinski definition) is 6. The van der Waals surface area contributed by atoms with Crippen molar-refractivity contribution in [3.63, 3.8) is 0 Å². The maximum Gasteiger partial charge on any atom is 0.243 e. The molecule has 4 atom stereocenters. The summed E-state index contributed by atoms with van der Waals surface area (Å²) in [5.41, 5.74) is 0.209. The summed E-state index contributed by atoms with van der Waals surface area (Å²) in [6.07, 6.45) is 0.293. The minimum atomic E-state index is -3.90. The number of carbonyl (C=O) groups is 2. The summed E-state index contributed by atoms with van der Waals surface area (Å²) in [6.45, 7) is 3.08. The van der Waals surface area contributed by atoms with E-state index in [-0.39, 0.29) is 55.4 Å². The largest absolute Gasteiger partial charge is 0.389 e. The first-order valence-electron chi connectivity index (χ1n) is 13.7. The van der Waals surface area contributed by atoms with Gasteiger partial charge >= 0.3 is 0 Å². The van der Waals surface area contributed by atoms with Crippen molar-refractivity contribution in [2.45, 2.75) is 55.7 Å². The number of piperazine rings is 1. The first kappa shape index (κ1) is 31.3. The second-order valence-electron chi connectivity index (χ2n) is 10.6. The van der Waals surface area contributed by atoms with Crippen LogP contribution in [0.25, 0.3) is 0 Å². The van der Waals surface area contributed by atoms with Gasteiger partial charge in [0.25, 0.3) is 0 Å². The monoisotopic (exact) mass is 612 g/mol. The van der Waals surface area contributed by atoms with Crippen LogP contribution in [0, 0.1) is 17.6 Å². The number of hydrogen-bond donors (Lipinski definition) is 3. The Morgan fingerprint density at radius 3 is 2.51 bits per heavy atom. The van der Waals surface area contributed by atoms with Gasteiger partial charge in [0.1, 0.15) is 11.6 Å². The van der Waals surface area contributed by atoms with Gasteiger partial charge < -0.3 is 20.6 Å². The zero-order chi connectivity index (χ0) is 29.7. The van der Waals surface area contributed by atoms with Crippen LogP contribution in [-0.2, 0) is 26.0 Å². The van der Waals surface area contributed by atoms with Crippen molar-refractivity contribution in [3.8, 4) is 0 Å². The first-order valence-corrected chi connectivity index (χ1v) is 15.5. The lowest BCUT2D eigenvalue weighted by Gasteiger charge is -2.38. The molecule has 0 aromatic heterocycles. The molecule has 2 aromatic rings. The number of halogens is 3. The fourth-order valence-corrected chi connectivity index (χ4v) is 6.88. The van der Waals surface area contributed by atoms with E-state index < -0.39 is 51.7 Å². The Labute approximate surface area is 243 Å². The number of amides is 2. The second-order valence-corrected chi connectivity index (χ2v) is 12.9. The number of carbonyl (C=O) groups excluding carboxylic acids is 2. The zero-order valence-corrected chi connectivity index (χ0v) is 24.3. The summed E-state index contributed by atoms with van der Waals surface area (Å²) in [5.74, 6) is -2.83. The van der Waals surface area contributed by atoms with Gasteiger partial charge in [-0.2, -0.15) is 4.31 Å². The number of rotatable bonds is 11. The second kappa shape index (κ2) is 13.6. The summed E-state index contributed by atoms with van der Waals surface area (Å²) in [6, 6.07) is 6.88. The normalized spacial score (nSPS) is 21.6. The maximum absolute atomic E-state index is 14.0. The smallest absolute Gasteiger partial charge is 0.243 e. The summed E-state index contributed by atoms with van der Waals surface area (Å²) in [5, 5.41) is 17.8. The number of benzene rings is 2. The van der Waals surface area contributed by atoms with Crippen LogP contribution in [0.3, 0.4) is 0 Å². The molecule has 2 unspecified atom stereocenters. The van der Waals surface area contributed by atoms with Gasteiger partial charge in [0.15, 0.2) is 0 Å². The molecule has 0 aliphatic carbocycles. The summed E-state index contributed by atoms with van der Waals surface area (Å²) >= 11 is 5.91. The SMILES string of the molecule is CCCCN1CC(C(=O)NC(Cc2cc(F)cc(F)c2)[C@H](O)[C@H]2CN(S(=O)(=O)c3ccc(Cl)cc3)CCN2)CC1=O. The lowest BCUT2D eigenvalue weighted by atomic mass is 9.94. The number of sulfonamides is 1. The van der Waals surface area contributed by atoms with Crippen LogP contribution in [0.4, 0.5) is 8.78 Å². The van der Waals surface area contributed by atoms with Crippen LogP contribution < -0.4 is 10.6 Å². The number of nitrogens with one attached hydrogen (secondary N) is 2. The fourth-order valence-electron chi connectivity index (χ4n) is 5.29. The van der Waals surface area contributed by atoms with Crippen molar-refractivity contribution in [2.75, 3.05) is 32.7 Å². The molecule has 13 heteroatoms. The van der Waals surface area contributed by atoms with Gasteiger partial charge in [-0.05, 0) is 54.8 Å². The van der Waals surface area contributed by atoms with Gasteiger partial charge in [-0.15, -0.1) is 0 Å². The fraction of sp³-hybridized carbons (Fsp3) is 0.500. The highest BCUT2D eigenvalue weighted by Gasteiger charge is 2.39. The molecule has 9 nitrogen and oxygen atoms in total. The molecule has 0 spiro atoms. The quantitative estimate of drug-likeness (QED) is 0.358. The van der Waals surface area contributed by atoms with E-state index in [1.54, 1.807) is 4.90 Å². The molecule has 224 valence electrons. The van der Waals surface area contributed by atoms with E-state index >= 15 is 0 Å². The van der Waals surface area contributed by atoms with E-state index in [4.69, 9.17) is 11.6 Å². The third-order valence-corrected chi connectivity index (χ3v) is 9.65. The highest BCUT2D eigenvalue weighted by molar-refractivity contribution is 7.89. The van der Waals surface area contributed by atoms with Gasteiger partial charge in [-0.25, -0.2) is 17.2 Å². The Morgan fingerprint density at radius 1 is 1.17 bits per heavy atom. The summed E-state index contributed by atoms with van der Waals surface area (Å²) in [7, 11) is -3.90. The van der Waals surface area contributed by atoms with Gasteiger partial charge in [0.2, 0.25) is 21.8 Å². The van der Waals surface area contributed by atoms with Crippen LogP contribution in [0.2, 0.25) is 5.02 Å². The van der Waals surface area contributed by atoms with Crippen LogP contribution >= 0.6 is 11.6 Å². The number of unbranched alkanes of at least 4 members (excludes halogenated alkanes) is 1. The molecular formula is C28H35ClF2N4O5S. The van der Waals surface area contributed by atoms with E-state index in [1.807, 2.05) is 6.92 Å². The molecule has 2 aromatic carbocycles. The summed E-state index contributed by atoms with van der Waals surface area (Å²) < 4.78 is 55.7. The molecule has 0 saturated carbocycles. The highest BCUT2D eigenvalue weighted by Crippen LogP contribution is 2.23. The zero-order valence-electron chi connectivity index (χ0n) is 22.7. The average molecular weight is 613 g/mol. The van der Waals surface area contributed by atoms with Crippen LogP contribution in [-0.4, -0.2) is 85.5 Å². The molecule has 0 radical (unpaired) electrons. The van der Waals surface area contributed by atoms with E-state index in [9.17, 15) is 31.9 Å². The first-order chi connectivity index (χ1) is 19.5. The van der Waals surface area contributed by atoms with E-state index in [0.717, 1.165) is 31.0 Å². The van der Waals surface area contributed by atoms with Crippen molar-refractivity contribution >= 4 is 33.4 Å². The van der Waals surface area contributed by atoms with Gasteiger partial charge in [0.05, 0.1) is 23.0 Å². The maximum atomic E-state index is 14.0. The topological polar surface area (TPSA) is 119 Å². The van der Waals surface area contributed by atoms with Crippen molar-refractivity contribution in [3.05, 3.63) is 64.7 Å². The predicted octanol–water partition coefficient (Wildman–Crippen LogP) is 2.32. The Bertz CT molecular complexity index is 1330. The molecule has 2 aliphatic rings. The molecule has 2 heterocycles. The number of likely N-dealkylation sites (tertiary alicyclic amines) is 1. The molecule has 41 heavy (non-hydrogen) atoms. The van der Waals surface area contributed by atoms with Crippen LogP contribution in [0.5, 0.6) is 0 Å². The van der Waals surface area contributed by atoms with Gasteiger partial charge in [-0.3, -0.25) is 9.59 Å². The van der Waals surface area contributed by atoms with Crippen molar-refractivity contribution in [2.24, 2.45) is 5.92 Å². The Morgan fingerprint density at radius 2 is 1.85 bits per heavy atom. The third kappa shape index (κ3) is 7.81. The Kier molecular flexibility index (Phi) is 10.3. The van der Waals surface area contributed by atoms with Crippen molar-refractivity contribution in [1.82, 2.24) is 19.8 Å². The molecular weight excluding hydrogens is 578 g/mol. The van der Waals surface area contributed by atoms with Crippen molar-refractivity contribution in [1.29, 1.82) is 0 Å². The van der Waals surface area contributed by atoms with E-state index in [0.29, 0.717) is 11.6 Å². The predicted molar refractivity (Wildman–Crippen MR) is 150 cm³/mol. The molecule has 2 amide bonds. The number of aliphatic hydroxyl groups is 1.